The molecule has 5 heteroatoms. The van der Waals surface area contributed by atoms with Gasteiger partial charge in [-0.1, -0.05) is 77.4 Å². The smallest absolute Gasteiger partial charge is 0.344 e. The van der Waals surface area contributed by atoms with E-state index in [1.165, 1.54) is 18.9 Å². The van der Waals surface area contributed by atoms with Crippen LogP contribution in [-0.4, -0.2) is 13.1 Å². The van der Waals surface area contributed by atoms with Gasteiger partial charge in [-0.2, -0.15) is 0 Å². The number of ether oxygens (including phenoxy) is 1. The first kappa shape index (κ1) is 22.2. The summed E-state index contributed by atoms with van der Waals surface area (Å²) in [7, 11) is 1.39. The average molecular weight is 455 g/mol. The Kier molecular flexibility index (Phi) is 7.81. The first-order valence-corrected chi connectivity index (χ1v) is 10.8. The molecule has 152 valence electrons. The van der Waals surface area contributed by atoms with Gasteiger partial charge in [0.25, 0.3) is 0 Å². The van der Waals surface area contributed by atoms with Crippen LogP contribution in [0.2, 0.25) is 10.0 Å². The van der Waals surface area contributed by atoms with Crippen LogP contribution in [0.5, 0.6) is 0 Å². The van der Waals surface area contributed by atoms with Crippen molar-refractivity contribution in [2.45, 2.75) is 11.8 Å². The van der Waals surface area contributed by atoms with Gasteiger partial charge in [0.2, 0.25) is 0 Å². The minimum absolute atomic E-state index is 0.390. The lowest BCUT2D eigenvalue weighted by Crippen LogP contribution is -2.03. The summed E-state index contributed by atoms with van der Waals surface area (Å²) in [5.41, 5.74) is 3.86. The number of carbonyl (C=O) groups excluding carboxylic acids is 1. The molecule has 0 unspecified atom stereocenters. The molecule has 3 aromatic rings. The molecule has 0 aliphatic carbocycles. The van der Waals surface area contributed by atoms with Gasteiger partial charge in [0.05, 0.1) is 12.0 Å². The summed E-state index contributed by atoms with van der Waals surface area (Å²) >= 11 is 13.5. The SMILES string of the molecule is COC(=O)/C(=C\C(=C(\C)c1ccc(Cl)cc1)c1ccc(Cl)cc1)Sc1ccccc1. The van der Waals surface area contributed by atoms with Gasteiger partial charge >= 0.3 is 5.97 Å². The van der Waals surface area contributed by atoms with Crippen molar-refractivity contribution < 1.29 is 9.53 Å². The molecule has 0 spiro atoms. The van der Waals surface area contributed by atoms with E-state index in [0.717, 1.165) is 27.2 Å². The summed E-state index contributed by atoms with van der Waals surface area (Å²) in [5.74, 6) is -0.390. The normalized spacial score (nSPS) is 12.3. The molecule has 0 fully saturated rings. The third-order valence-corrected chi connectivity index (χ3v) is 5.99. The minimum Gasteiger partial charge on any atom is -0.465 e. The van der Waals surface area contributed by atoms with Gasteiger partial charge in [-0.15, -0.1) is 0 Å². The van der Waals surface area contributed by atoms with Crippen LogP contribution in [-0.2, 0) is 9.53 Å². The number of hydrogen-bond acceptors (Lipinski definition) is 3. The molecule has 0 saturated heterocycles. The Morgan fingerprint density at radius 3 is 1.90 bits per heavy atom. The van der Waals surface area contributed by atoms with Crippen LogP contribution in [0.25, 0.3) is 11.1 Å². The zero-order valence-electron chi connectivity index (χ0n) is 16.6. The summed E-state index contributed by atoms with van der Waals surface area (Å²) in [5, 5.41) is 1.32. The maximum absolute atomic E-state index is 12.6. The highest BCUT2D eigenvalue weighted by Gasteiger charge is 2.15. The van der Waals surface area contributed by atoms with Gasteiger partial charge in [0.1, 0.15) is 0 Å². The Morgan fingerprint density at radius 2 is 1.37 bits per heavy atom. The molecular weight excluding hydrogens is 435 g/mol. The standard InChI is InChI=1S/C25H20Cl2O2S/c1-17(18-8-12-20(26)13-9-18)23(19-10-14-21(27)15-11-19)16-24(25(28)29-2)30-22-6-4-3-5-7-22/h3-16H,1-2H3/b23-17+,24-16+. The van der Waals surface area contributed by atoms with Crippen molar-refractivity contribution in [1.82, 2.24) is 0 Å². The van der Waals surface area contributed by atoms with Gasteiger partial charge in [-0.3, -0.25) is 0 Å². The largest absolute Gasteiger partial charge is 0.465 e. The quantitative estimate of drug-likeness (QED) is 0.125. The van der Waals surface area contributed by atoms with Gasteiger partial charge < -0.3 is 4.74 Å². The number of thioether (sulfide) groups is 1. The second-order valence-corrected chi connectivity index (χ2v) is 8.46. The lowest BCUT2D eigenvalue weighted by atomic mass is 9.95. The van der Waals surface area contributed by atoms with Gasteiger partial charge in [0, 0.05) is 14.9 Å². The summed E-state index contributed by atoms with van der Waals surface area (Å²) in [4.78, 5) is 14.0. The number of rotatable bonds is 6. The van der Waals surface area contributed by atoms with Gasteiger partial charge in [-0.25, -0.2) is 4.79 Å². The van der Waals surface area contributed by atoms with Crippen LogP contribution in [0.3, 0.4) is 0 Å². The fourth-order valence-corrected chi connectivity index (χ4v) is 4.01. The van der Waals surface area contributed by atoms with Crippen LogP contribution in [0.1, 0.15) is 18.1 Å². The predicted molar refractivity (Wildman–Crippen MR) is 128 cm³/mol. The number of esters is 1. The lowest BCUT2D eigenvalue weighted by Gasteiger charge is -2.13. The summed E-state index contributed by atoms with van der Waals surface area (Å²) in [6.45, 7) is 2.02. The third-order valence-electron chi connectivity index (χ3n) is 4.47. The van der Waals surface area contributed by atoms with Crippen molar-refractivity contribution in [3.63, 3.8) is 0 Å². The van der Waals surface area contributed by atoms with E-state index in [9.17, 15) is 4.79 Å². The number of allylic oxidation sites excluding steroid dienone is 3. The van der Waals surface area contributed by atoms with E-state index in [-0.39, 0.29) is 5.97 Å². The highest BCUT2D eigenvalue weighted by molar-refractivity contribution is 8.04. The van der Waals surface area contributed by atoms with E-state index in [1.807, 2.05) is 91.9 Å². The second kappa shape index (κ2) is 10.5. The zero-order chi connectivity index (χ0) is 21.5. The second-order valence-electron chi connectivity index (χ2n) is 6.47. The number of hydrogen-bond donors (Lipinski definition) is 0. The molecule has 0 aliphatic rings. The van der Waals surface area contributed by atoms with Gasteiger partial charge in [-0.05, 0) is 71.7 Å². The molecule has 3 aromatic carbocycles. The Balaban J connectivity index is 2.15. The Morgan fingerprint density at radius 1 is 0.833 bits per heavy atom. The number of methoxy groups -OCH3 is 1. The number of carbonyl (C=O) groups is 1. The molecule has 0 bridgehead atoms. The van der Waals surface area contributed by atoms with E-state index in [1.54, 1.807) is 0 Å². The van der Waals surface area contributed by atoms with E-state index >= 15 is 0 Å². The van der Waals surface area contributed by atoms with Crippen LogP contribution >= 0.6 is 35.0 Å². The summed E-state index contributed by atoms with van der Waals surface area (Å²) < 4.78 is 5.05. The van der Waals surface area contributed by atoms with Crippen molar-refractivity contribution in [1.29, 1.82) is 0 Å². The molecule has 0 heterocycles. The van der Waals surface area contributed by atoms with E-state index < -0.39 is 0 Å². The predicted octanol–water partition coefficient (Wildman–Crippen LogP) is 7.77. The van der Waals surface area contributed by atoms with Gasteiger partial charge in [0.15, 0.2) is 0 Å². The molecule has 0 atom stereocenters. The van der Waals surface area contributed by atoms with Crippen LogP contribution in [0.4, 0.5) is 0 Å². The topological polar surface area (TPSA) is 26.3 Å². The van der Waals surface area contributed by atoms with E-state index in [0.29, 0.717) is 15.0 Å². The molecule has 0 aromatic heterocycles. The first-order valence-electron chi connectivity index (χ1n) is 9.23. The number of halogens is 2. The Labute approximate surface area is 191 Å². The van der Waals surface area contributed by atoms with Crippen molar-refractivity contribution >= 4 is 52.1 Å². The maximum Gasteiger partial charge on any atom is 0.344 e. The molecular formula is C25H20Cl2O2S. The van der Waals surface area contributed by atoms with Crippen molar-refractivity contribution in [2.75, 3.05) is 7.11 Å². The fourth-order valence-electron chi connectivity index (χ4n) is 2.87. The Bertz CT molecular complexity index is 1070. The molecule has 0 aliphatic heterocycles. The monoisotopic (exact) mass is 454 g/mol. The van der Waals surface area contributed by atoms with Crippen molar-refractivity contribution in [2.24, 2.45) is 0 Å². The average Bonchev–Trinajstić information content (AvgIpc) is 2.77. The van der Waals surface area contributed by atoms with Crippen molar-refractivity contribution in [3.8, 4) is 0 Å². The molecule has 0 N–H and O–H groups in total. The molecule has 0 saturated carbocycles. The summed E-state index contributed by atoms with van der Waals surface area (Å²) in [6, 6.07) is 24.9. The lowest BCUT2D eigenvalue weighted by molar-refractivity contribution is -0.135. The molecule has 3 rings (SSSR count). The molecule has 30 heavy (non-hydrogen) atoms. The van der Waals surface area contributed by atoms with E-state index in [2.05, 4.69) is 0 Å². The molecule has 0 radical (unpaired) electrons. The third kappa shape index (κ3) is 5.79. The number of benzene rings is 3. The highest BCUT2D eigenvalue weighted by Crippen LogP contribution is 2.34. The fraction of sp³-hybridized carbons (Fsp3) is 0.0800. The summed E-state index contributed by atoms with van der Waals surface area (Å²) in [6.07, 6.45) is 1.87. The van der Waals surface area contributed by atoms with Crippen LogP contribution < -0.4 is 0 Å². The minimum atomic E-state index is -0.390. The van der Waals surface area contributed by atoms with Crippen LogP contribution in [0, 0.1) is 0 Å². The zero-order valence-corrected chi connectivity index (χ0v) is 18.9. The highest BCUT2D eigenvalue weighted by atomic mass is 35.5. The van der Waals surface area contributed by atoms with Crippen LogP contribution in [0.15, 0.2) is 94.7 Å². The molecule has 0 amide bonds. The first-order chi connectivity index (χ1) is 14.5. The van der Waals surface area contributed by atoms with E-state index in [4.69, 9.17) is 27.9 Å². The molecule has 2 nitrogen and oxygen atoms in total. The van der Waals surface area contributed by atoms with Crippen molar-refractivity contribution in [3.05, 3.63) is 111 Å². The maximum atomic E-state index is 12.6. The Hall–Kier alpha value is -2.46.